The van der Waals surface area contributed by atoms with Gasteiger partial charge in [-0.05, 0) is 109 Å². The predicted molar refractivity (Wildman–Crippen MR) is 230 cm³/mol. The van der Waals surface area contributed by atoms with Gasteiger partial charge in [0.2, 0.25) is 0 Å². The van der Waals surface area contributed by atoms with Gasteiger partial charge < -0.3 is 4.90 Å². The SMILES string of the molecule is CC1(C)c2ccccc2-c2c(N(c3ccc(-c4ccc5ccc6ccc7ccccc7c6c5c4)cc3)c3ccc4sc5ccccc5c4c3)cccc21. The molecule has 9 aromatic carbocycles. The molecule has 1 nitrogen and oxygen atoms in total. The van der Waals surface area contributed by atoms with E-state index in [4.69, 9.17) is 0 Å². The Labute approximate surface area is 313 Å². The molecule has 0 fully saturated rings. The average molecular weight is 694 g/mol. The summed E-state index contributed by atoms with van der Waals surface area (Å²) in [6.45, 7) is 4.72. The van der Waals surface area contributed by atoms with Crippen LogP contribution in [0.1, 0.15) is 25.0 Å². The van der Waals surface area contributed by atoms with E-state index in [0.717, 1.165) is 11.4 Å². The maximum absolute atomic E-state index is 2.48. The van der Waals surface area contributed by atoms with Gasteiger partial charge in [-0.3, -0.25) is 0 Å². The Morgan fingerprint density at radius 2 is 1.08 bits per heavy atom. The molecule has 0 N–H and O–H groups in total. The molecule has 10 aromatic rings. The molecule has 1 aliphatic rings. The normalized spacial score (nSPS) is 13.2. The number of anilines is 3. The molecule has 0 saturated carbocycles. The lowest BCUT2D eigenvalue weighted by atomic mass is 9.82. The van der Waals surface area contributed by atoms with Gasteiger partial charge in [-0.1, -0.05) is 141 Å². The van der Waals surface area contributed by atoms with E-state index in [1.807, 2.05) is 11.3 Å². The van der Waals surface area contributed by atoms with E-state index in [-0.39, 0.29) is 5.41 Å². The fourth-order valence-electron chi connectivity index (χ4n) is 9.01. The first-order valence-corrected chi connectivity index (χ1v) is 19.2. The van der Waals surface area contributed by atoms with E-state index in [1.54, 1.807) is 0 Å². The van der Waals surface area contributed by atoms with Crippen LogP contribution in [-0.2, 0) is 5.41 Å². The second kappa shape index (κ2) is 11.4. The average Bonchev–Trinajstić information content (AvgIpc) is 3.69. The molecule has 11 rings (SSSR count). The van der Waals surface area contributed by atoms with Gasteiger partial charge in [-0.25, -0.2) is 0 Å². The van der Waals surface area contributed by atoms with E-state index >= 15 is 0 Å². The molecule has 1 aromatic heterocycles. The third kappa shape index (κ3) is 4.56. The summed E-state index contributed by atoms with van der Waals surface area (Å²) in [4.78, 5) is 2.48. The molecule has 0 spiro atoms. The van der Waals surface area contributed by atoms with Crippen molar-refractivity contribution in [1.29, 1.82) is 0 Å². The minimum atomic E-state index is -0.0867. The molecule has 0 amide bonds. The Morgan fingerprint density at radius 1 is 0.434 bits per heavy atom. The van der Waals surface area contributed by atoms with Gasteiger partial charge in [0.05, 0.1) is 5.69 Å². The summed E-state index contributed by atoms with van der Waals surface area (Å²) in [7, 11) is 0. The van der Waals surface area contributed by atoms with Crippen molar-refractivity contribution >= 4 is 80.9 Å². The zero-order chi connectivity index (χ0) is 35.3. The van der Waals surface area contributed by atoms with Crippen LogP contribution in [0.4, 0.5) is 17.1 Å². The van der Waals surface area contributed by atoms with Crippen molar-refractivity contribution in [3.05, 3.63) is 187 Å². The van der Waals surface area contributed by atoms with Crippen LogP contribution in [0.2, 0.25) is 0 Å². The van der Waals surface area contributed by atoms with E-state index < -0.39 is 0 Å². The second-order valence-electron chi connectivity index (χ2n) is 14.9. The molecular weight excluding hydrogens is 659 g/mol. The van der Waals surface area contributed by atoms with Crippen LogP contribution in [0, 0.1) is 0 Å². The maximum atomic E-state index is 2.48. The summed E-state index contributed by atoms with van der Waals surface area (Å²) in [6, 6.07) is 65.5. The number of rotatable bonds is 4. The molecule has 2 heteroatoms. The van der Waals surface area contributed by atoms with Crippen molar-refractivity contribution in [1.82, 2.24) is 0 Å². The lowest BCUT2D eigenvalue weighted by molar-refractivity contribution is 0.660. The van der Waals surface area contributed by atoms with Crippen molar-refractivity contribution in [3.8, 4) is 22.3 Å². The van der Waals surface area contributed by atoms with Crippen LogP contribution in [0.5, 0.6) is 0 Å². The Bertz CT molecular complexity index is 3090. The number of hydrogen-bond donors (Lipinski definition) is 0. The standard InChI is InChI=1S/C51H35NS/c1-51(2)44-14-7-5-13-41(44)50-45(51)15-9-16-46(50)52(38-28-29-48-43(31-38)40-12-6-8-17-47(40)53-48)37-26-24-32(25-27-37)36-23-20-34-19-22-35-21-18-33-10-3-4-11-39(33)49(35)42(34)30-36/h3-31H,1-2H3. The van der Waals surface area contributed by atoms with Crippen LogP contribution >= 0.6 is 11.3 Å². The van der Waals surface area contributed by atoms with Crippen LogP contribution < -0.4 is 4.90 Å². The lowest BCUT2D eigenvalue weighted by Crippen LogP contribution is -2.16. The molecule has 0 unspecified atom stereocenters. The summed E-state index contributed by atoms with van der Waals surface area (Å²) < 4.78 is 2.63. The molecule has 1 aliphatic carbocycles. The third-order valence-electron chi connectivity index (χ3n) is 11.6. The molecule has 0 saturated heterocycles. The van der Waals surface area contributed by atoms with E-state index in [1.165, 1.54) is 91.6 Å². The van der Waals surface area contributed by atoms with Crippen LogP contribution in [0.15, 0.2) is 176 Å². The molecule has 0 bridgehead atoms. The van der Waals surface area contributed by atoms with E-state index in [0.29, 0.717) is 0 Å². The van der Waals surface area contributed by atoms with Crippen LogP contribution in [-0.4, -0.2) is 0 Å². The van der Waals surface area contributed by atoms with Crippen LogP contribution in [0.3, 0.4) is 0 Å². The minimum Gasteiger partial charge on any atom is -0.310 e. The third-order valence-corrected chi connectivity index (χ3v) is 12.8. The maximum Gasteiger partial charge on any atom is 0.0543 e. The molecule has 0 radical (unpaired) electrons. The number of fused-ring (bicyclic) bond motifs is 11. The summed E-state index contributed by atoms with van der Waals surface area (Å²) in [5.74, 6) is 0. The Morgan fingerprint density at radius 3 is 1.94 bits per heavy atom. The summed E-state index contributed by atoms with van der Waals surface area (Å²) in [5.41, 5.74) is 11.2. The summed E-state index contributed by atoms with van der Waals surface area (Å²) >= 11 is 1.87. The first-order valence-electron chi connectivity index (χ1n) is 18.4. The summed E-state index contributed by atoms with van der Waals surface area (Å²) in [6.07, 6.45) is 0. The molecule has 0 aliphatic heterocycles. The van der Waals surface area contributed by atoms with Gasteiger partial charge in [0.1, 0.15) is 0 Å². The van der Waals surface area contributed by atoms with E-state index in [9.17, 15) is 0 Å². The number of hydrogen-bond acceptors (Lipinski definition) is 2. The highest BCUT2D eigenvalue weighted by Crippen LogP contribution is 2.54. The Kier molecular flexibility index (Phi) is 6.53. The molecular formula is C51H35NS. The van der Waals surface area contributed by atoms with Gasteiger partial charge in [-0.15, -0.1) is 11.3 Å². The van der Waals surface area contributed by atoms with Crippen LogP contribution in [0.25, 0.3) is 74.7 Å². The zero-order valence-electron chi connectivity index (χ0n) is 29.6. The van der Waals surface area contributed by atoms with Crippen molar-refractivity contribution in [2.45, 2.75) is 19.3 Å². The second-order valence-corrected chi connectivity index (χ2v) is 16.0. The first kappa shape index (κ1) is 30.4. The van der Waals surface area contributed by atoms with Gasteiger partial charge in [0, 0.05) is 42.5 Å². The molecule has 250 valence electrons. The highest BCUT2D eigenvalue weighted by atomic mass is 32.1. The van der Waals surface area contributed by atoms with Crippen molar-refractivity contribution in [2.24, 2.45) is 0 Å². The van der Waals surface area contributed by atoms with Gasteiger partial charge in [-0.2, -0.15) is 0 Å². The summed E-state index contributed by atoms with van der Waals surface area (Å²) in [5, 5.41) is 10.3. The smallest absolute Gasteiger partial charge is 0.0543 e. The van der Waals surface area contributed by atoms with E-state index in [2.05, 4.69) is 195 Å². The van der Waals surface area contributed by atoms with Crippen molar-refractivity contribution in [3.63, 3.8) is 0 Å². The van der Waals surface area contributed by atoms with Gasteiger partial charge >= 0.3 is 0 Å². The Hall–Kier alpha value is -6.22. The molecule has 1 heterocycles. The monoisotopic (exact) mass is 693 g/mol. The fourth-order valence-corrected chi connectivity index (χ4v) is 10.1. The highest BCUT2D eigenvalue weighted by molar-refractivity contribution is 7.25. The van der Waals surface area contributed by atoms with Gasteiger partial charge in [0.25, 0.3) is 0 Å². The van der Waals surface area contributed by atoms with Crippen molar-refractivity contribution in [2.75, 3.05) is 4.90 Å². The topological polar surface area (TPSA) is 3.24 Å². The number of thiophene rings is 1. The predicted octanol–water partition coefficient (Wildman–Crippen LogP) is 15.0. The number of benzene rings is 9. The lowest BCUT2D eigenvalue weighted by Gasteiger charge is -2.29. The van der Waals surface area contributed by atoms with Crippen molar-refractivity contribution < 1.29 is 0 Å². The quantitative estimate of drug-likeness (QED) is 0.166. The zero-order valence-corrected chi connectivity index (χ0v) is 30.4. The minimum absolute atomic E-state index is 0.0867. The Balaban J connectivity index is 1.10. The largest absolute Gasteiger partial charge is 0.310 e. The molecule has 53 heavy (non-hydrogen) atoms. The fraction of sp³-hybridized carbons (Fsp3) is 0.0588. The van der Waals surface area contributed by atoms with Gasteiger partial charge in [0.15, 0.2) is 0 Å². The first-order chi connectivity index (χ1) is 26.0. The highest BCUT2D eigenvalue weighted by Gasteiger charge is 2.37. The molecule has 0 atom stereocenters. The number of nitrogens with zero attached hydrogens (tertiary/aromatic N) is 1.